The van der Waals surface area contributed by atoms with E-state index in [0.29, 0.717) is 28.0 Å². The number of hydrogen-bond donors (Lipinski definition) is 1. The van der Waals surface area contributed by atoms with Gasteiger partial charge in [-0.15, -0.1) is 0 Å². The Hall–Kier alpha value is -4.00. The summed E-state index contributed by atoms with van der Waals surface area (Å²) in [5.41, 5.74) is 4.42. The van der Waals surface area contributed by atoms with E-state index in [1.165, 1.54) is 0 Å². The molecule has 2 aromatic heterocycles. The molecule has 0 atom stereocenters. The fraction of sp³-hybridized carbons (Fsp3) is 0.200. The van der Waals surface area contributed by atoms with Crippen molar-refractivity contribution >= 4 is 28.6 Å². The molecule has 4 rings (SSSR count). The first kappa shape index (κ1) is 21.2. The third-order valence-electron chi connectivity index (χ3n) is 5.01. The van der Waals surface area contributed by atoms with Crippen LogP contribution in [0.2, 0.25) is 0 Å². The molecule has 0 saturated carbocycles. The molecule has 32 heavy (non-hydrogen) atoms. The highest BCUT2D eigenvalue weighted by atomic mass is 16.5. The van der Waals surface area contributed by atoms with E-state index in [4.69, 9.17) is 4.74 Å². The lowest BCUT2D eigenvalue weighted by molar-refractivity contribution is -0.119. The van der Waals surface area contributed by atoms with Gasteiger partial charge in [0.25, 0.3) is 5.91 Å². The highest BCUT2D eigenvalue weighted by molar-refractivity contribution is 6.03. The minimum absolute atomic E-state index is 0.102. The number of ether oxygens (including phenoxy) is 1. The average Bonchev–Trinajstić information content (AvgIpc) is 3.22. The zero-order valence-corrected chi connectivity index (χ0v) is 18.2. The standard InChI is InChI=1S/C25H24N4O3/c1-16(2)29-24-22(14-26-29)21(13-17(3)27-24)25(31)32-15-23(30)28-20-11-9-19(10-12-20)18-7-5-4-6-8-18/h4-14,16H,15H2,1-3H3,(H,28,30). The Morgan fingerprint density at radius 2 is 1.72 bits per heavy atom. The van der Waals surface area contributed by atoms with Gasteiger partial charge in [-0.25, -0.2) is 14.5 Å². The first-order valence-corrected chi connectivity index (χ1v) is 10.4. The van der Waals surface area contributed by atoms with E-state index in [1.54, 1.807) is 23.9 Å². The van der Waals surface area contributed by atoms with Crippen LogP contribution in [-0.4, -0.2) is 33.2 Å². The lowest BCUT2D eigenvalue weighted by atomic mass is 10.1. The minimum atomic E-state index is -0.585. The maximum atomic E-state index is 12.7. The molecule has 0 fully saturated rings. The molecule has 0 aliphatic carbocycles. The number of hydrogen-bond acceptors (Lipinski definition) is 5. The van der Waals surface area contributed by atoms with E-state index >= 15 is 0 Å². The summed E-state index contributed by atoms with van der Waals surface area (Å²) >= 11 is 0. The highest BCUT2D eigenvalue weighted by Gasteiger charge is 2.19. The maximum absolute atomic E-state index is 12.7. The second-order valence-corrected chi connectivity index (χ2v) is 7.80. The van der Waals surface area contributed by atoms with Gasteiger partial charge in [-0.1, -0.05) is 42.5 Å². The fourth-order valence-electron chi connectivity index (χ4n) is 3.47. The SMILES string of the molecule is Cc1cc(C(=O)OCC(=O)Nc2ccc(-c3ccccc3)cc2)c2cnn(C(C)C)c2n1. The van der Waals surface area contributed by atoms with Crippen LogP contribution >= 0.6 is 0 Å². The molecule has 2 aromatic carbocycles. The van der Waals surface area contributed by atoms with Crippen molar-refractivity contribution in [3.8, 4) is 11.1 Å². The molecule has 7 heteroatoms. The van der Waals surface area contributed by atoms with Crippen LogP contribution in [0.5, 0.6) is 0 Å². The second-order valence-electron chi connectivity index (χ2n) is 7.80. The predicted molar refractivity (Wildman–Crippen MR) is 123 cm³/mol. The number of anilines is 1. The summed E-state index contributed by atoms with van der Waals surface area (Å²) in [5, 5.41) is 7.68. The monoisotopic (exact) mass is 428 g/mol. The topological polar surface area (TPSA) is 86.1 Å². The van der Waals surface area contributed by atoms with Gasteiger partial charge in [0.05, 0.1) is 17.1 Å². The second kappa shape index (κ2) is 9.01. The van der Waals surface area contributed by atoms with Crippen molar-refractivity contribution in [1.29, 1.82) is 0 Å². The molecule has 0 radical (unpaired) electrons. The van der Waals surface area contributed by atoms with Crippen LogP contribution in [-0.2, 0) is 9.53 Å². The van der Waals surface area contributed by atoms with Crippen LogP contribution in [0, 0.1) is 6.92 Å². The molecular formula is C25H24N4O3. The number of carbonyl (C=O) groups is 2. The van der Waals surface area contributed by atoms with Gasteiger partial charge >= 0.3 is 5.97 Å². The molecule has 1 N–H and O–H groups in total. The number of rotatable bonds is 6. The number of aryl methyl sites for hydroxylation is 1. The van der Waals surface area contributed by atoms with E-state index in [2.05, 4.69) is 15.4 Å². The summed E-state index contributed by atoms with van der Waals surface area (Å²) < 4.78 is 7.03. The Bertz CT molecular complexity index is 1260. The van der Waals surface area contributed by atoms with Gasteiger partial charge < -0.3 is 10.1 Å². The summed E-state index contributed by atoms with van der Waals surface area (Å²) in [5.74, 6) is -0.996. The molecule has 1 amide bonds. The lowest BCUT2D eigenvalue weighted by Crippen LogP contribution is -2.21. The zero-order chi connectivity index (χ0) is 22.7. The van der Waals surface area contributed by atoms with Gasteiger partial charge in [0.2, 0.25) is 0 Å². The zero-order valence-electron chi connectivity index (χ0n) is 18.2. The van der Waals surface area contributed by atoms with E-state index < -0.39 is 11.9 Å². The first-order chi connectivity index (χ1) is 15.4. The molecule has 0 spiro atoms. The predicted octanol–water partition coefficient (Wildman–Crippen LogP) is 4.78. The number of benzene rings is 2. The normalized spacial score (nSPS) is 11.0. The number of fused-ring (bicyclic) bond motifs is 1. The third-order valence-corrected chi connectivity index (χ3v) is 5.01. The molecule has 7 nitrogen and oxygen atoms in total. The fourth-order valence-corrected chi connectivity index (χ4v) is 3.47. The number of esters is 1. The molecular weight excluding hydrogens is 404 g/mol. The maximum Gasteiger partial charge on any atom is 0.339 e. The van der Waals surface area contributed by atoms with E-state index in [1.807, 2.05) is 68.4 Å². The molecule has 0 aliphatic rings. The third kappa shape index (κ3) is 4.51. The smallest absolute Gasteiger partial charge is 0.339 e. The molecule has 0 unspecified atom stereocenters. The molecule has 2 heterocycles. The minimum Gasteiger partial charge on any atom is -0.452 e. The Labute approximate surface area is 186 Å². The van der Waals surface area contributed by atoms with Crippen molar-refractivity contribution < 1.29 is 14.3 Å². The van der Waals surface area contributed by atoms with Crippen LogP contribution in [0.3, 0.4) is 0 Å². The first-order valence-electron chi connectivity index (χ1n) is 10.4. The number of pyridine rings is 1. The van der Waals surface area contributed by atoms with Crippen molar-refractivity contribution in [2.45, 2.75) is 26.8 Å². The molecule has 4 aromatic rings. The van der Waals surface area contributed by atoms with Crippen molar-refractivity contribution in [3.05, 3.63) is 78.1 Å². The van der Waals surface area contributed by atoms with Crippen molar-refractivity contribution in [2.75, 3.05) is 11.9 Å². The Kier molecular flexibility index (Phi) is 5.98. The largest absolute Gasteiger partial charge is 0.452 e. The quantitative estimate of drug-likeness (QED) is 0.447. The lowest BCUT2D eigenvalue weighted by Gasteiger charge is -2.10. The Morgan fingerprint density at radius 1 is 1.03 bits per heavy atom. The van der Waals surface area contributed by atoms with Gasteiger partial charge in [0, 0.05) is 17.4 Å². The van der Waals surface area contributed by atoms with Gasteiger partial charge in [-0.3, -0.25) is 4.79 Å². The van der Waals surface area contributed by atoms with E-state index in [-0.39, 0.29) is 12.6 Å². The molecule has 162 valence electrons. The number of carbonyl (C=O) groups excluding carboxylic acids is 2. The van der Waals surface area contributed by atoms with Gasteiger partial charge in [0.15, 0.2) is 12.3 Å². The van der Waals surface area contributed by atoms with Crippen molar-refractivity contribution in [1.82, 2.24) is 14.8 Å². The Morgan fingerprint density at radius 3 is 2.41 bits per heavy atom. The number of nitrogens with one attached hydrogen (secondary N) is 1. The number of amides is 1. The van der Waals surface area contributed by atoms with Crippen LogP contribution in [0.15, 0.2) is 66.9 Å². The molecule has 0 saturated heterocycles. The summed E-state index contributed by atoms with van der Waals surface area (Å²) in [6.45, 7) is 5.40. The molecule has 0 aliphatic heterocycles. The number of aromatic nitrogens is 3. The van der Waals surface area contributed by atoms with Gasteiger partial charge in [0.1, 0.15) is 0 Å². The number of nitrogens with zero attached hydrogens (tertiary/aromatic N) is 3. The van der Waals surface area contributed by atoms with Gasteiger partial charge in [-0.2, -0.15) is 5.10 Å². The van der Waals surface area contributed by atoms with Crippen LogP contribution < -0.4 is 5.32 Å². The summed E-state index contributed by atoms with van der Waals surface area (Å²) in [6, 6.07) is 19.2. The van der Waals surface area contributed by atoms with Crippen LogP contribution in [0.4, 0.5) is 5.69 Å². The highest BCUT2D eigenvalue weighted by Crippen LogP contribution is 2.22. The van der Waals surface area contributed by atoms with Crippen molar-refractivity contribution in [3.63, 3.8) is 0 Å². The summed E-state index contributed by atoms with van der Waals surface area (Å²) in [4.78, 5) is 29.5. The summed E-state index contributed by atoms with van der Waals surface area (Å²) in [6.07, 6.45) is 1.60. The molecule has 0 bridgehead atoms. The van der Waals surface area contributed by atoms with E-state index in [0.717, 1.165) is 11.1 Å². The van der Waals surface area contributed by atoms with E-state index in [9.17, 15) is 9.59 Å². The average molecular weight is 428 g/mol. The Balaban J connectivity index is 1.41. The van der Waals surface area contributed by atoms with Crippen LogP contribution in [0.25, 0.3) is 22.2 Å². The van der Waals surface area contributed by atoms with Crippen LogP contribution in [0.1, 0.15) is 35.9 Å². The van der Waals surface area contributed by atoms with Crippen molar-refractivity contribution in [2.24, 2.45) is 0 Å². The van der Waals surface area contributed by atoms with Gasteiger partial charge in [-0.05, 0) is 50.1 Å². The summed E-state index contributed by atoms with van der Waals surface area (Å²) in [7, 11) is 0.